The van der Waals surface area contributed by atoms with Crippen LogP contribution in [0.5, 0.6) is 0 Å². The third-order valence-corrected chi connectivity index (χ3v) is 4.56. The van der Waals surface area contributed by atoms with E-state index in [9.17, 15) is 9.59 Å². The zero-order valence-electron chi connectivity index (χ0n) is 13.0. The Hall–Kier alpha value is -1.14. The van der Waals surface area contributed by atoms with Gasteiger partial charge < -0.3 is 16.0 Å². The molecule has 1 aliphatic heterocycles. The molecule has 120 valence electrons. The lowest BCUT2D eigenvalue weighted by Crippen LogP contribution is -2.54. The maximum atomic E-state index is 12.5. The van der Waals surface area contributed by atoms with E-state index in [0.717, 1.165) is 38.8 Å². The number of carbonyl (C=O) groups is 2. The highest BCUT2D eigenvalue weighted by molar-refractivity contribution is 5.80. The van der Waals surface area contributed by atoms with Crippen LogP contribution in [0.3, 0.4) is 0 Å². The highest BCUT2D eigenvalue weighted by Crippen LogP contribution is 2.25. The summed E-state index contributed by atoms with van der Waals surface area (Å²) in [6.07, 6.45) is 4.15. The van der Waals surface area contributed by atoms with E-state index in [1.54, 1.807) is 0 Å². The SMILES string of the molecule is CCNC(=O)CN1CCN(C(=O)C2CCCCC2N)CC1. The maximum absolute atomic E-state index is 12.5. The largest absolute Gasteiger partial charge is 0.355 e. The minimum absolute atomic E-state index is 0.00805. The van der Waals surface area contributed by atoms with Crippen molar-refractivity contribution in [3.63, 3.8) is 0 Å². The molecule has 0 aromatic carbocycles. The van der Waals surface area contributed by atoms with Gasteiger partial charge in [0.05, 0.1) is 12.5 Å². The van der Waals surface area contributed by atoms with E-state index in [2.05, 4.69) is 10.2 Å². The van der Waals surface area contributed by atoms with Crippen LogP contribution in [0.15, 0.2) is 0 Å². The molecule has 2 unspecified atom stereocenters. The Morgan fingerprint density at radius 1 is 1.14 bits per heavy atom. The van der Waals surface area contributed by atoms with Gasteiger partial charge in [0, 0.05) is 38.8 Å². The van der Waals surface area contributed by atoms with Crippen molar-refractivity contribution in [2.24, 2.45) is 11.7 Å². The number of nitrogens with zero attached hydrogens (tertiary/aromatic N) is 2. The van der Waals surface area contributed by atoms with Gasteiger partial charge in [-0.2, -0.15) is 0 Å². The molecule has 0 spiro atoms. The molecule has 1 saturated carbocycles. The van der Waals surface area contributed by atoms with Crippen LogP contribution in [0.1, 0.15) is 32.6 Å². The van der Waals surface area contributed by atoms with Crippen molar-refractivity contribution in [2.45, 2.75) is 38.6 Å². The summed E-state index contributed by atoms with van der Waals surface area (Å²) in [6, 6.07) is 0.0274. The molecule has 2 atom stereocenters. The lowest BCUT2D eigenvalue weighted by atomic mass is 9.84. The van der Waals surface area contributed by atoms with Gasteiger partial charge in [-0.1, -0.05) is 12.8 Å². The number of hydrogen-bond acceptors (Lipinski definition) is 4. The lowest BCUT2D eigenvalue weighted by Gasteiger charge is -2.38. The molecule has 2 fully saturated rings. The first-order valence-electron chi connectivity index (χ1n) is 8.15. The lowest BCUT2D eigenvalue weighted by molar-refractivity contribution is -0.139. The first kappa shape index (κ1) is 16.2. The number of rotatable bonds is 4. The highest BCUT2D eigenvalue weighted by Gasteiger charge is 2.33. The topological polar surface area (TPSA) is 78.7 Å². The van der Waals surface area contributed by atoms with Crippen molar-refractivity contribution in [1.29, 1.82) is 0 Å². The smallest absolute Gasteiger partial charge is 0.234 e. The van der Waals surface area contributed by atoms with Gasteiger partial charge in [-0.3, -0.25) is 14.5 Å². The van der Waals surface area contributed by atoms with E-state index in [1.165, 1.54) is 0 Å². The molecule has 6 nitrogen and oxygen atoms in total. The average Bonchev–Trinajstić information content (AvgIpc) is 2.48. The van der Waals surface area contributed by atoms with Crippen molar-refractivity contribution < 1.29 is 9.59 Å². The van der Waals surface area contributed by atoms with Gasteiger partial charge in [-0.05, 0) is 19.8 Å². The molecule has 3 N–H and O–H groups in total. The third kappa shape index (κ3) is 4.41. The van der Waals surface area contributed by atoms with Gasteiger partial charge in [-0.15, -0.1) is 0 Å². The molecule has 1 aliphatic carbocycles. The fourth-order valence-corrected chi connectivity index (χ4v) is 3.28. The van der Waals surface area contributed by atoms with E-state index in [0.29, 0.717) is 26.2 Å². The zero-order valence-corrected chi connectivity index (χ0v) is 13.0. The molecule has 2 rings (SSSR count). The number of piperazine rings is 1. The Bertz CT molecular complexity index is 367. The molecule has 1 saturated heterocycles. The molecule has 0 bridgehead atoms. The van der Waals surface area contributed by atoms with Crippen LogP contribution in [-0.2, 0) is 9.59 Å². The molecule has 1 heterocycles. The summed E-state index contributed by atoms with van der Waals surface area (Å²) in [5.74, 6) is 0.292. The maximum Gasteiger partial charge on any atom is 0.234 e. The molecule has 0 aromatic rings. The summed E-state index contributed by atoms with van der Waals surface area (Å²) < 4.78 is 0. The van der Waals surface area contributed by atoms with Crippen molar-refractivity contribution >= 4 is 11.8 Å². The van der Waals surface area contributed by atoms with Crippen LogP contribution in [0.4, 0.5) is 0 Å². The first-order chi connectivity index (χ1) is 10.1. The van der Waals surface area contributed by atoms with E-state index < -0.39 is 0 Å². The van der Waals surface area contributed by atoms with Crippen LogP contribution in [-0.4, -0.2) is 66.9 Å². The van der Waals surface area contributed by atoms with Gasteiger partial charge in [0.1, 0.15) is 0 Å². The molecule has 6 heteroatoms. The first-order valence-corrected chi connectivity index (χ1v) is 8.15. The Morgan fingerprint density at radius 2 is 1.81 bits per heavy atom. The Labute approximate surface area is 127 Å². The van der Waals surface area contributed by atoms with Crippen LogP contribution in [0.2, 0.25) is 0 Å². The Kier molecular flexibility index (Phi) is 5.99. The number of amides is 2. The fourth-order valence-electron chi connectivity index (χ4n) is 3.28. The number of nitrogens with one attached hydrogen (secondary N) is 1. The van der Waals surface area contributed by atoms with E-state index in [-0.39, 0.29) is 23.8 Å². The minimum atomic E-state index is 0.00805. The molecule has 21 heavy (non-hydrogen) atoms. The summed E-state index contributed by atoms with van der Waals surface area (Å²) in [4.78, 5) is 28.2. The monoisotopic (exact) mass is 296 g/mol. The third-order valence-electron chi connectivity index (χ3n) is 4.56. The van der Waals surface area contributed by atoms with E-state index in [4.69, 9.17) is 5.73 Å². The quantitative estimate of drug-likeness (QED) is 0.752. The summed E-state index contributed by atoms with van der Waals surface area (Å²) in [6.45, 7) is 5.97. The summed E-state index contributed by atoms with van der Waals surface area (Å²) in [5, 5.41) is 2.81. The number of nitrogens with two attached hydrogens (primary N) is 1. The standard InChI is InChI=1S/C15H28N4O2/c1-2-17-14(20)11-18-7-9-19(10-8-18)15(21)12-5-3-4-6-13(12)16/h12-13H,2-11,16H2,1H3,(H,17,20). The number of hydrogen-bond donors (Lipinski definition) is 2. The summed E-state index contributed by atoms with van der Waals surface area (Å²) in [5.41, 5.74) is 6.10. The molecule has 2 amide bonds. The van der Waals surface area contributed by atoms with Crippen LogP contribution >= 0.6 is 0 Å². The van der Waals surface area contributed by atoms with Crippen molar-refractivity contribution in [1.82, 2.24) is 15.1 Å². The van der Waals surface area contributed by atoms with Crippen molar-refractivity contribution in [3.05, 3.63) is 0 Å². The normalized spacial score (nSPS) is 27.4. The molecule has 0 radical (unpaired) electrons. The highest BCUT2D eigenvalue weighted by atomic mass is 16.2. The second kappa shape index (κ2) is 7.75. The number of likely N-dealkylation sites (N-methyl/N-ethyl adjacent to an activating group) is 1. The minimum Gasteiger partial charge on any atom is -0.355 e. The van der Waals surface area contributed by atoms with E-state index in [1.807, 2.05) is 11.8 Å². The van der Waals surface area contributed by atoms with Gasteiger partial charge >= 0.3 is 0 Å². The van der Waals surface area contributed by atoms with Crippen molar-refractivity contribution in [2.75, 3.05) is 39.3 Å². The van der Waals surface area contributed by atoms with Gasteiger partial charge in [0.25, 0.3) is 0 Å². The van der Waals surface area contributed by atoms with Gasteiger partial charge in [0.2, 0.25) is 11.8 Å². The predicted molar refractivity (Wildman–Crippen MR) is 81.6 cm³/mol. The second-order valence-corrected chi connectivity index (χ2v) is 6.11. The second-order valence-electron chi connectivity index (χ2n) is 6.11. The molecule has 0 aromatic heterocycles. The number of carbonyl (C=O) groups excluding carboxylic acids is 2. The van der Waals surface area contributed by atoms with Gasteiger partial charge in [0.15, 0.2) is 0 Å². The average molecular weight is 296 g/mol. The predicted octanol–water partition coefficient (Wildman–Crippen LogP) is -0.216. The molecule has 2 aliphatic rings. The zero-order chi connectivity index (χ0) is 15.2. The Morgan fingerprint density at radius 3 is 2.43 bits per heavy atom. The molecular weight excluding hydrogens is 268 g/mol. The van der Waals surface area contributed by atoms with Crippen LogP contribution in [0.25, 0.3) is 0 Å². The fraction of sp³-hybridized carbons (Fsp3) is 0.867. The Balaban J connectivity index is 1.77. The summed E-state index contributed by atoms with van der Waals surface area (Å²) in [7, 11) is 0. The molecular formula is C15H28N4O2. The van der Waals surface area contributed by atoms with Crippen LogP contribution in [0, 0.1) is 5.92 Å². The van der Waals surface area contributed by atoms with Crippen molar-refractivity contribution in [3.8, 4) is 0 Å². The summed E-state index contributed by atoms with van der Waals surface area (Å²) >= 11 is 0. The van der Waals surface area contributed by atoms with Gasteiger partial charge in [-0.25, -0.2) is 0 Å². The van der Waals surface area contributed by atoms with E-state index >= 15 is 0 Å². The van der Waals surface area contributed by atoms with Crippen LogP contribution < -0.4 is 11.1 Å².